The molecule has 0 aromatic carbocycles. The number of nitrogens with zero attached hydrogens (tertiary/aromatic N) is 1. The van der Waals surface area contributed by atoms with Crippen LogP contribution < -0.4 is 0 Å². The molecule has 1 heterocycles. The first-order valence-electron chi connectivity index (χ1n) is 5.35. The van der Waals surface area contributed by atoms with Crippen molar-refractivity contribution in [2.24, 2.45) is 0 Å². The lowest BCUT2D eigenvalue weighted by molar-refractivity contribution is 0.0496. The molecule has 82 valence electrons. The van der Waals surface area contributed by atoms with Crippen molar-refractivity contribution >= 4 is 6.29 Å². The zero-order valence-electron chi connectivity index (χ0n) is 9.27. The summed E-state index contributed by atoms with van der Waals surface area (Å²) in [6.45, 7) is 4.82. The van der Waals surface area contributed by atoms with Crippen LogP contribution in [0.1, 0.15) is 48.8 Å². The average molecular weight is 207 g/mol. The Bertz CT molecular complexity index is 312. The van der Waals surface area contributed by atoms with Crippen molar-refractivity contribution < 1.29 is 9.53 Å². The largest absolute Gasteiger partial charge is 0.373 e. The van der Waals surface area contributed by atoms with Gasteiger partial charge in [-0.25, -0.2) is 0 Å². The predicted octanol–water partition coefficient (Wildman–Crippen LogP) is 2.77. The second kappa shape index (κ2) is 6.30. The SMILES string of the molecule is CCCOC(CC)c1cccnc1C=O. The van der Waals surface area contributed by atoms with Gasteiger partial charge in [0.15, 0.2) is 6.29 Å². The first-order valence-corrected chi connectivity index (χ1v) is 5.35. The molecule has 0 aliphatic heterocycles. The summed E-state index contributed by atoms with van der Waals surface area (Å²) in [5, 5.41) is 0. The van der Waals surface area contributed by atoms with Crippen LogP contribution in [0.4, 0.5) is 0 Å². The van der Waals surface area contributed by atoms with Crippen LogP contribution in [0.15, 0.2) is 18.3 Å². The Labute approximate surface area is 90.5 Å². The molecule has 1 rings (SSSR count). The van der Waals surface area contributed by atoms with Crippen molar-refractivity contribution in [3.63, 3.8) is 0 Å². The lowest BCUT2D eigenvalue weighted by Crippen LogP contribution is -2.08. The molecule has 1 aromatic heterocycles. The van der Waals surface area contributed by atoms with Gasteiger partial charge in [-0.2, -0.15) is 0 Å². The van der Waals surface area contributed by atoms with Gasteiger partial charge in [0.05, 0.1) is 6.10 Å². The van der Waals surface area contributed by atoms with Crippen molar-refractivity contribution in [3.8, 4) is 0 Å². The van der Waals surface area contributed by atoms with Gasteiger partial charge < -0.3 is 4.74 Å². The van der Waals surface area contributed by atoms with Crippen molar-refractivity contribution in [3.05, 3.63) is 29.6 Å². The van der Waals surface area contributed by atoms with Crippen LogP contribution in [-0.2, 0) is 4.74 Å². The summed E-state index contributed by atoms with van der Waals surface area (Å²) >= 11 is 0. The molecule has 3 heteroatoms. The molecule has 0 spiro atoms. The molecule has 1 aromatic rings. The third-order valence-electron chi connectivity index (χ3n) is 2.22. The maximum atomic E-state index is 10.8. The number of carbonyl (C=O) groups is 1. The third kappa shape index (κ3) is 3.13. The maximum absolute atomic E-state index is 10.8. The van der Waals surface area contributed by atoms with Crippen molar-refractivity contribution in [1.29, 1.82) is 0 Å². The quantitative estimate of drug-likeness (QED) is 0.673. The van der Waals surface area contributed by atoms with E-state index in [0.717, 1.165) is 24.7 Å². The van der Waals surface area contributed by atoms with Crippen LogP contribution in [0.25, 0.3) is 0 Å². The molecule has 0 N–H and O–H groups in total. The van der Waals surface area contributed by atoms with Gasteiger partial charge in [-0.3, -0.25) is 9.78 Å². The van der Waals surface area contributed by atoms with Crippen LogP contribution in [0.5, 0.6) is 0 Å². The van der Waals surface area contributed by atoms with Gasteiger partial charge in [-0.1, -0.05) is 19.9 Å². The summed E-state index contributed by atoms with van der Waals surface area (Å²) < 4.78 is 5.67. The van der Waals surface area contributed by atoms with E-state index in [1.54, 1.807) is 6.20 Å². The monoisotopic (exact) mass is 207 g/mol. The number of hydrogen-bond donors (Lipinski definition) is 0. The summed E-state index contributed by atoms with van der Waals surface area (Å²) in [6.07, 6.45) is 4.23. The van der Waals surface area contributed by atoms with Gasteiger partial charge in [0.2, 0.25) is 0 Å². The van der Waals surface area contributed by atoms with Gasteiger partial charge in [0.1, 0.15) is 5.69 Å². The highest BCUT2D eigenvalue weighted by Gasteiger charge is 2.13. The van der Waals surface area contributed by atoms with Gasteiger partial charge >= 0.3 is 0 Å². The predicted molar refractivity (Wildman–Crippen MR) is 58.9 cm³/mol. The fraction of sp³-hybridized carbons (Fsp3) is 0.500. The van der Waals surface area contributed by atoms with Crippen LogP contribution in [0, 0.1) is 0 Å². The minimum absolute atomic E-state index is 0.0150. The molecule has 0 radical (unpaired) electrons. The Balaban J connectivity index is 2.85. The second-order valence-corrected chi connectivity index (χ2v) is 3.36. The number of carbonyl (C=O) groups excluding carboxylic acids is 1. The van der Waals surface area contributed by atoms with Crippen molar-refractivity contribution in [1.82, 2.24) is 4.98 Å². The number of aromatic nitrogens is 1. The Morgan fingerprint density at radius 1 is 1.53 bits per heavy atom. The summed E-state index contributed by atoms with van der Waals surface area (Å²) in [7, 11) is 0. The highest BCUT2D eigenvalue weighted by atomic mass is 16.5. The molecular formula is C12H17NO2. The molecular weight excluding hydrogens is 190 g/mol. The van der Waals surface area contributed by atoms with Crippen molar-refractivity contribution in [2.75, 3.05) is 6.61 Å². The van der Waals surface area contributed by atoms with Crippen molar-refractivity contribution in [2.45, 2.75) is 32.8 Å². The molecule has 0 saturated carbocycles. The first kappa shape index (κ1) is 11.9. The summed E-state index contributed by atoms with van der Waals surface area (Å²) in [5.41, 5.74) is 1.38. The molecule has 0 aliphatic carbocycles. The van der Waals surface area contributed by atoms with E-state index in [1.807, 2.05) is 19.1 Å². The molecule has 0 saturated heterocycles. The van der Waals surface area contributed by atoms with E-state index in [4.69, 9.17) is 4.74 Å². The van der Waals surface area contributed by atoms with Crippen LogP contribution in [-0.4, -0.2) is 17.9 Å². The number of hydrogen-bond acceptors (Lipinski definition) is 3. The molecule has 15 heavy (non-hydrogen) atoms. The molecule has 0 amide bonds. The average Bonchev–Trinajstić information content (AvgIpc) is 2.30. The van der Waals surface area contributed by atoms with Gasteiger partial charge in [-0.05, 0) is 18.9 Å². The van der Waals surface area contributed by atoms with Gasteiger partial charge in [0.25, 0.3) is 0 Å². The zero-order chi connectivity index (χ0) is 11.1. The Hall–Kier alpha value is -1.22. The Morgan fingerprint density at radius 2 is 2.33 bits per heavy atom. The standard InChI is InChI=1S/C12H17NO2/c1-3-8-15-12(4-2)10-6-5-7-13-11(10)9-14/h5-7,9,12H,3-4,8H2,1-2H3. The van der Waals surface area contributed by atoms with E-state index in [9.17, 15) is 4.79 Å². The molecule has 0 aliphatic rings. The Kier molecular flexibility index (Phi) is 4.98. The first-order chi connectivity index (χ1) is 7.33. The van der Waals surface area contributed by atoms with Gasteiger partial charge in [-0.15, -0.1) is 0 Å². The topological polar surface area (TPSA) is 39.2 Å². The number of rotatable bonds is 6. The lowest BCUT2D eigenvalue weighted by Gasteiger charge is -2.16. The summed E-state index contributed by atoms with van der Waals surface area (Å²) in [6, 6.07) is 3.74. The zero-order valence-corrected chi connectivity index (χ0v) is 9.27. The minimum Gasteiger partial charge on any atom is -0.373 e. The van der Waals surface area contributed by atoms with E-state index < -0.39 is 0 Å². The molecule has 1 unspecified atom stereocenters. The number of ether oxygens (including phenoxy) is 1. The fourth-order valence-corrected chi connectivity index (χ4v) is 1.49. The molecule has 3 nitrogen and oxygen atoms in total. The highest BCUT2D eigenvalue weighted by Crippen LogP contribution is 2.22. The van der Waals surface area contributed by atoms with Crippen LogP contribution in [0.2, 0.25) is 0 Å². The minimum atomic E-state index is -0.0150. The molecule has 0 fully saturated rings. The summed E-state index contributed by atoms with van der Waals surface area (Å²) in [5.74, 6) is 0. The third-order valence-corrected chi connectivity index (χ3v) is 2.22. The van der Waals surface area contributed by atoms with E-state index in [0.29, 0.717) is 12.3 Å². The normalized spacial score (nSPS) is 12.4. The van der Waals surface area contributed by atoms with Crippen LogP contribution in [0.3, 0.4) is 0 Å². The summed E-state index contributed by atoms with van der Waals surface area (Å²) in [4.78, 5) is 14.8. The van der Waals surface area contributed by atoms with Crippen LogP contribution >= 0.6 is 0 Å². The maximum Gasteiger partial charge on any atom is 0.168 e. The molecule has 0 bridgehead atoms. The second-order valence-electron chi connectivity index (χ2n) is 3.36. The van der Waals surface area contributed by atoms with E-state index in [1.165, 1.54) is 0 Å². The van der Waals surface area contributed by atoms with Gasteiger partial charge in [0, 0.05) is 18.4 Å². The smallest absolute Gasteiger partial charge is 0.168 e. The lowest BCUT2D eigenvalue weighted by atomic mass is 10.1. The molecule has 1 atom stereocenters. The fourth-order valence-electron chi connectivity index (χ4n) is 1.49. The van der Waals surface area contributed by atoms with E-state index in [2.05, 4.69) is 11.9 Å². The van der Waals surface area contributed by atoms with E-state index >= 15 is 0 Å². The Morgan fingerprint density at radius 3 is 2.93 bits per heavy atom. The number of aldehydes is 1. The highest BCUT2D eigenvalue weighted by molar-refractivity contribution is 5.74. The number of pyridine rings is 1. The van der Waals surface area contributed by atoms with E-state index in [-0.39, 0.29) is 6.10 Å².